The molecule has 1 unspecified atom stereocenters. The summed E-state index contributed by atoms with van der Waals surface area (Å²) in [5.74, 6) is -0.643. The molecule has 0 spiro atoms. The van der Waals surface area contributed by atoms with Crippen molar-refractivity contribution >= 4 is 11.3 Å². The fourth-order valence-electron chi connectivity index (χ4n) is 1.99. The lowest BCUT2D eigenvalue weighted by Gasteiger charge is -2.19. The van der Waals surface area contributed by atoms with Gasteiger partial charge in [-0.1, -0.05) is 6.92 Å². The van der Waals surface area contributed by atoms with E-state index in [1.165, 1.54) is 11.3 Å². The number of hydrogen-bond acceptors (Lipinski definition) is 2. The van der Waals surface area contributed by atoms with Gasteiger partial charge in [-0.2, -0.15) is 24.5 Å². The summed E-state index contributed by atoms with van der Waals surface area (Å²) in [6.07, 6.45) is -4.48. The Morgan fingerprint density at radius 3 is 2.55 bits per heavy atom. The monoisotopic (exact) mass is 303 g/mol. The van der Waals surface area contributed by atoms with E-state index in [1.54, 1.807) is 11.4 Å². The molecule has 0 amide bonds. The lowest BCUT2D eigenvalue weighted by molar-refractivity contribution is -0.137. The van der Waals surface area contributed by atoms with E-state index in [2.05, 4.69) is 5.32 Å². The van der Waals surface area contributed by atoms with Crippen molar-refractivity contribution in [2.24, 2.45) is 0 Å². The highest BCUT2D eigenvalue weighted by Crippen LogP contribution is 2.33. The summed E-state index contributed by atoms with van der Waals surface area (Å²) in [6.45, 7) is 2.35. The van der Waals surface area contributed by atoms with Crippen molar-refractivity contribution in [2.45, 2.75) is 19.1 Å². The van der Waals surface area contributed by atoms with Gasteiger partial charge in [-0.3, -0.25) is 0 Å². The highest BCUT2D eigenvalue weighted by Gasteiger charge is 2.32. The first-order valence-electron chi connectivity index (χ1n) is 6.05. The number of nitrogens with one attached hydrogen (secondary N) is 1. The second kappa shape index (κ2) is 5.93. The number of alkyl halides is 3. The molecule has 2 rings (SSSR count). The first kappa shape index (κ1) is 15.0. The van der Waals surface area contributed by atoms with Crippen LogP contribution in [0.15, 0.2) is 35.0 Å². The minimum absolute atomic E-state index is 0.0140. The summed E-state index contributed by atoms with van der Waals surface area (Å²) in [6, 6.07) is 3.70. The van der Waals surface area contributed by atoms with Crippen molar-refractivity contribution in [1.82, 2.24) is 5.32 Å². The van der Waals surface area contributed by atoms with Gasteiger partial charge in [0.15, 0.2) is 0 Å². The zero-order valence-electron chi connectivity index (χ0n) is 10.7. The van der Waals surface area contributed by atoms with Crippen molar-refractivity contribution in [3.63, 3.8) is 0 Å². The Balaban J connectivity index is 2.48. The first-order chi connectivity index (χ1) is 9.43. The summed E-state index contributed by atoms with van der Waals surface area (Å²) in [5, 5.41) is 6.63. The maximum Gasteiger partial charge on any atom is 0.416 e. The molecule has 0 bridgehead atoms. The number of rotatable bonds is 4. The van der Waals surface area contributed by atoms with E-state index in [1.807, 2.05) is 12.3 Å². The summed E-state index contributed by atoms with van der Waals surface area (Å²) in [7, 11) is 0. The molecular weight excluding hydrogens is 290 g/mol. The Bertz CT molecular complexity index is 563. The molecule has 1 heterocycles. The third kappa shape index (κ3) is 3.19. The zero-order valence-corrected chi connectivity index (χ0v) is 11.5. The molecule has 0 aliphatic heterocycles. The number of hydrogen-bond donors (Lipinski definition) is 1. The molecule has 0 saturated carbocycles. The van der Waals surface area contributed by atoms with Gasteiger partial charge in [0.25, 0.3) is 0 Å². The Kier molecular flexibility index (Phi) is 4.45. The van der Waals surface area contributed by atoms with Crippen molar-refractivity contribution in [1.29, 1.82) is 0 Å². The Labute approximate surface area is 118 Å². The lowest BCUT2D eigenvalue weighted by atomic mass is 9.98. The van der Waals surface area contributed by atoms with Crippen LogP contribution < -0.4 is 5.32 Å². The third-order valence-electron chi connectivity index (χ3n) is 2.92. The van der Waals surface area contributed by atoms with Gasteiger partial charge in [0, 0.05) is 5.56 Å². The molecule has 1 N–H and O–H groups in total. The maximum absolute atomic E-state index is 13.9. The minimum atomic E-state index is -4.48. The second-order valence-corrected chi connectivity index (χ2v) is 5.06. The van der Waals surface area contributed by atoms with Crippen LogP contribution >= 0.6 is 11.3 Å². The normalized spacial score (nSPS) is 13.4. The minimum Gasteiger partial charge on any atom is -0.306 e. The molecule has 6 heteroatoms. The van der Waals surface area contributed by atoms with Gasteiger partial charge in [-0.25, -0.2) is 4.39 Å². The predicted octanol–water partition coefficient (Wildman–Crippen LogP) is 4.60. The molecule has 108 valence electrons. The Morgan fingerprint density at radius 1 is 1.25 bits per heavy atom. The molecule has 1 aromatic carbocycles. The largest absolute Gasteiger partial charge is 0.416 e. The zero-order chi connectivity index (χ0) is 14.8. The van der Waals surface area contributed by atoms with E-state index >= 15 is 0 Å². The van der Waals surface area contributed by atoms with Crippen molar-refractivity contribution < 1.29 is 17.6 Å². The highest BCUT2D eigenvalue weighted by atomic mass is 32.1. The summed E-state index contributed by atoms with van der Waals surface area (Å²) in [4.78, 5) is 0. The molecule has 20 heavy (non-hydrogen) atoms. The smallest absolute Gasteiger partial charge is 0.306 e. The van der Waals surface area contributed by atoms with Gasteiger partial charge in [0.1, 0.15) is 5.82 Å². The molecule has 1 nitrogen and oxygen atoms in total. The fourth-order valence-corrected chi connectivity index (χ4v) is 2.68. The summed E-state index contributed by atoms with van der Waals surface area (Å²) in [5.41, 5.74) is -0.0674. The molecule has 0 fully saturated rings. The van der Waals surface area contributed by atoms with E-state index in [9.17, 15) is 17.6 Å². The average molecular weight is 303 g/mol. The van der Waals surface area contributed by atoms with Crippen LogP contribution in [0.4, 0.5) is 17.6 Å². The van der Waals surface area contributed by atoms with E-state index in [-0.39, 0.29) is 5.56 Å². The van der Waals surface area contributed by atoms with Gasteiger partial charge in [0.2, 0.25) is 0 Å². The Morgan fingerprint density at radius 2 is 2.00 bits per heavy atom. The van der Waals surface area contributed by atoms with Crippen LogP contribution in [0.1, 0.15) is 29.7 Å². The highest BCUT2D eigenvalue weighted by molar-refractivity contribution is 7.08. The van der Waals surface area contributed by atoms with Gasteiger partial charge in [0.05, 0.1) is 11.6 Å². The molecule has 0 aliphatic carbocycles. The van der Waals surface area contributed by atoms with Crippen LogP contribution in [0.2, 0.25) is 0 Å². The van der Waals surface area contributed by atoms with Crippen LogP contribution in [0.25, 0.3) is 0 Å². The van der Waals surface area contributed by atoms with Crippen molar-refractivity contribution in [3.8, 4) is 0 Å². The molecule has 0 radical (unpaired) electrons. The van der Waals surface area contributed by atoms with Crippen molar-refractivity contribution in [3.05, 3.63) is 57.5 Å². The molecule has 1 atom stereocenters. The van der Waals surface area contributed by atoms with E-state index in [4.69, 9.17) is 0 Å². The fraction of sp³-hybridized carbons (Fsp3) is 0.286. The Hall–Kier alpha value is -1.40. The van der Waals surface area contributed by atoms with E-state index < -0.39 is 23.6 Å². The summed E-state index contributed by atoms with van der Waals surface area (Å²) < 4.78 is 52.2. The number of benzene rings is 1. The quantitative estimate of drug-likeness (QED) is 0.814. The third-order valence-corrected chi connectivity index (χ3v) is 3.62. The van der Waals surface area contributed by atoms with Crippen LogP contribution in [0.3, 0.4) is 0 Å². The van der Waals surface area contributed by atoms with Gasteiger partial charge >= 0.3 is 6.18 Å². The van der Waals surface area contributed by atoms with Crippen LogP contribution in [0, 0.1) is 5.82 Å². The predicted molar refractivity (Wildman–Crippen MR) is 71.2 cm³/mol. The molecule has 0 aliphatic rings. The van der Waals surface area contributed by atoms with Gasteiger partial charge in [-0.15, -0.1) is 0 Å². The second-order valence-electron chi connectivity index (χ2n) is 4.28. The molecule has 2 aromatic rings. The standard InChI is InChI=1S/C14H13F4NS/c1-2-19-13(9-5-6-20-8-9)11-7-10(14(16,17)18)3-4-12(11)15/h3-8,13,19H,2H2,1H3. The van der Waals surface area contributed by atoms with E-state index in [0.717, 1.165) is 23.8 Å². The lowest BCUT2D eigenvalue weighted by Crippen LogP contribution is -2.23. The maximum atomic E-state index is 13.9. The van der Waals surface area contributed by atoms with Gasteiger partial charge < -0.3 is 5.32 Å². The molecule has 0 saturated heterocycles. The van der Waals surface area contributed by atoms with Crippen LogP contribution in [-0.4, -0.2) is 6.54 Å². The topological polar surface area (TPSA) is 12.0 Å². The van der Waals surface area contributed by atoms with Crippen molar-refractivity contribution in [2.75, 3.05) is 6.54 Å². The summed E-state index contributed by atoms with van der Waals surface area (Å²) >= 11 is 1.42. The number of halogens is 4. The average Bonchev–Trinajstić information content (AvgIpc) is 2.89. The molecule has 1 aromatic heterocycles. The van der Waals surface area contributed by atoms with Crippen LogP contribution in [-0.2, 0) is 6.18 Å². The molecular formula is C14H13F4NS. The SMILES string of the molecule is CCNC(c1ccsc1)c1cc(C(F)(F)F)ccc1F. The number of thiophene rings is 1. The van der Waals surface area contributed by atoms with Gasteiger partial charge in [-0.05, 0) is 47.1 Å². The first-order valence-corrected chi connectivity index (χ1v) is 7.00. The van der Waals surface area contributed by atoms with E-state index in [0.29, 0.717) is 6.54 Å². The van der Waals surface area contributed by atoms with Crippen LogP contribution in [0.5, 0.6) is 0 Å².